The molecule has 7 atom stereocenters. The minimum absolute atomic E-state index is 0.0701. The van der Waals surface area contributed by atoms with Crippen LogP contribution < -0.4 is 9.47 Å². The molecule has 2 bridgehead atoms. The number of epoxide rings is 1. The summed E-state index contributed by atoms with van der Waals surface area (Å²) in [5.74, 6) is 0.399. The minimum atomic E-state index is -0.588. The van der Waals surface area contributed by atoms with Crippen molar-refractivity contribution in [2.75, 3.05) is 13.6 Å². The predicted molar refractivity (Wildman–Crippen MR) is 135 cm³/mol. The van der Waals surface area contributed by atoms with Gasteiger partial charge in [0.2, 0.25) is 0 Å². The number of hydrogen-bond acceptors (Lipinski definition) is 8. The van der Waals surface area contributed by atoms with Gasteiger partial charge >= 0.3 is 11.9 Å². The van der Waals surface area contributed by atoms with Gasteiger partial charge in [-0.25, -0.2) is 4.79 Å². The molecule has 2 fully saturated rings. The number of ether oxygens (including phenoxy) is 5. The van der Waals surface area contributed by atoms with E-state index in [-0.39, 0.29) is 42.0 Å². The largest absolute Gasteiger partial charge is 0.482 e. The molecule has 3 aliphatic heterocycles. The van der Waals surface area contributed by atoms with Crippen LogP contribution in [0.2, 0.25) is 0 Å². The first-order chi connectivity index (χ1) is 17.5. The smallest absolute Gasteiger partial charge is 0.331 e. The maximum Gasteiger partial charge on any atom is 0.331 e. The quantitative estimate of drug-likeness (QED) is 0.196. The van der Waals surface area contributed by atoms with Crippen molar-refractivity contribution < 1.29 is 33.3 Å². The number of rotatable bonds is 5. The number of likely N-dealkylation sites (tertiary alicyclic amines) is 1. The number of benzene rings is 1. The molecule has 8 nitrogen and oxygen atoms in total. The van der Waals surface area contributed by atoms with Crippen LogP contribution in [-0.4, -0.2) is 66.7 Å². The van der Waals surface area contributed by atoms with Crippen molar-refractivity contribution in [1.29, 1.82) is 0 Å². The summed E-state index contributed by atoms with van der Waals surface area (Å²) in [7, 11) is 2.17. The van der Waals surface area contributed by atoms with Gasteiger partial charge in [-0.3, -0.25) is 4.79 Å². The van der Waals surface area contributed by atoms with E-state index in [1.165, 1.54) is 13.0 Å². The molecule has 3 unspecified atom stereocenters. The van der Waals surface area contributed by atoms with Crippen molar-refractivity contribution in [1.82, 2.24) is 4.90 Å². The van der Waals surface area contributed by atoms with E-state index in [4.69, 9.17) is 23.7 Å². The number of piperidine rings is 1. The Balaban J connectivity index is 1.48. The number of nitrogens with zero attached hydrogens (tertiary/aromatic N) is 1. The molecule has 1 spiro atoms. The van der Waals surface area contributed by atoms with E-state index < -0.39 is 17.5 Å². The summed E-state index contributed by atoms with van der Waals surface area (Å²) in [6, 6.07) is 2.09. The zero-order chi connectivity index (χ0) is 26.3. The van der Waals surface area contributed by atoms with Crippen LogP contribution in [-0.2, 0) is 35.6 Å². The Morgan fingerprint density at radius 3 is 2.68 bits per heavy atom. The lowest BCUT2D eigenvalue weighted by atomic mass is 9.53. The van der Waals surface area contributed by atoms with E-state index in [9.17, 15) is 9.59 Å². The molecule has 1 aromatic rings. The third kappa shape index (κ3) is 4.01. The number of carbonyl (C=O) groups excluding carboxylic acids is 2. The lowest BCUT2D eigenvalue weighted by molar-refractivity contribution is -0.148. The van der Waals surface area contributed by atoms with E-state index in [1.54, 1.807) is 6.08 Å². The average molecular weight is 510 g/mol. The Bertz CT molecular complexity index is 1210. The van der Waals surface area contributed by atoms with E-state index in [0.29, 0.717) is 11.5 Å². The van der Waals surface area contributed by atoms with Crippen LogP contribution in [0.4, 0.5) is 0 Å². The molecule has 5 aliphatic rings. The molecule has 198 valence electrons. The zero-order valence-corrected chi connectivity index (χ0v) is 22.3. The van der Waals surface area contributed by atoms with Crippen molar-refractivity contribution in [3.8, 4) is 11.5 Å². The Morgan fingerprint density at radius 1 is 1.24 bits per heavy atom. The van der Waals surface area contributed by atoms with Crippen LogP contribution >= 0.6 is 0 Å². The number of esters is 2. The van der Waals surface area contributed by atoms with Crippen LogP contribution in [0.3, 0.4) is 0 Å². The Morgan fingerprint density at radius 2 is 2.00 bits per heavy atom. The number of hydrogen-bond donors (Lipinski definition) is 0. The molecule has 0 radical (unpaired) electrons. The fourth-order valence-corrected chi connectivity index (χ4v) is 6.77. The first-order valence-electron chi connectivity index (χ1n) is 13.1. The van der Waals surface area contributed by atoms with E-state index >= 15 is 0 Å². The zero-order valence-electron chi connectivity index (χ0n) is 22.3. The van der Waals surface area contributed by atoms with E-state index in [0.717, 1.165) is 36.1 Å². The molecule has 0 N–H and O–H groups in total. The molecule has 3 heterocycles. The van der Waals surface area contributed by atoms with Gasteiger partial charge in [-0.2, -0.15) is 0 Å². The van der Waals surface area contributed by atoms with Gasteiger partial charge in [-0.1, -0.05) is 12.2 Å². The van der Waals surface area contributed by atoms with Crippen LogP contribution in [0.15, 0.2) is 24.3 Å². The van der Waals surface area contributed by atoms with Gasteiger partial charge in [0.1, 0.15) is 23.9 Å². The molecule has 2 saturated heterocycles. The summed E-state index contributed by atoms with van der Waals surface area (Å²) in [4.78, 5) is 27.1. The van der Waals surface area contributed by atoms with Crippen molar-refractivity contribution >= 4 is 18.0 Å². The normalized spacial score (nSPS) is 35.2. The lowest BCUT2D eigenvalue weighted by Gasteiger charge is -2.57. The Hall–Kier alpha value is -2.68. The molecule has 2 aliphatic carbocycles. The fourth-order valence-electron chi connectivity index (χ4n) is 6.77. The molecule has 6 rings (SSSR count). The predicted octanol–water partition coefficient (Wildman–Crippen LogP) is 3.54. The van der Waals surface area contributed by atoms with Crippen LogP contribution in [0, 0.1) is 5.92 Å². The summed E-state index contributed by atoms with van der Waals surface area (Å²) >= 11 is 0. The Kier molecular flexibility index (Phi) is 5.60. The Labute approximate surface area is 217 Å². The van der Waals surface area contributed by atoms with Crippen LogP contribution in [0.1, 0.15) is 57.7 Å². The molecule has 0 amide bonds. The van der Waals surface area contributed by atoms with Crippen LogP contribution in [0.5, 0.6) is 11.5 Å². The highest BCUT2D eigenvalue weighted by atomic mass is 16.8. The topological polar surface area (TPSA) is 86.8 Å². The maximum atomic E-state index is 12.5. The van der Waals surface area contributed by atoms with Crippen molar-refractivity contribution in [2.24, 2.45) is 5.92 Å². The van der Waals surface area contributed by atoms with Gasteiger partial charge in [0, 0.05) is 35.9 Å². The SMILES string of the molecule is CC(=O)Oc1cc(/C=C/C(=O)OC(C)(C)C)c2c3c1O[C@H]1[C@@H](OC4OC4C)C=CC4[C@@H](C2)N(C)CC[C@@]341. The standard InChI is InChI=1S/C29H35NO7/c1-15-27(33-15)35-21-9-8-19-20-14-18-17(7-10-23(32)37-28(3,4)5)13-22(34-16(2)31)25-24(18)29(19,26(21)36-25)11-12-30(20)6/h7-10,13,15,19-21,26-27H,11-12,14H2,1-6H3/b10-7+/t15?,19?,20-,21+,26+,27?,29+/m1/s1. The summed E-state index contributed by atoms with van der Waals surface area (Å²) in [6.07, 6.45) is 8.64. The molecule has 1 aromatic carbocycles. The first-order valence-corrected chi connectivity index (χ1v) is 13.1. The molecular weight excluding hydrogens is 474 g/mol. The second kappa shape index (κ2) is 8.41. The molecule has 0 saturated carbocycles. The van der Waals surface area contributed by atoms with Crippen molar-refractivity contribution in [3.05, 3.63) is 41.0 Å². The van der Waals surface area contributed by atoms with Gasteiger partial charge in [0.15, 0.2) is 17.8 Å². The molecule has 8 heteroatoms. The van der Waals surface area contributed by atoms with Gasteiger partial charge in [-0.05, 0) is 77.4 Å². The fraction of sp³-hybridized carbons (Fsp3) is 0.586. The van der Waals surface area contributed by atoms with Crippen molar-refractivity contribution in [2.45, 2.75) is 89.1 Å². The molecule has 37 heavy (non-hydrogen) atoms. The lowest BCUT2D eigenvalue weighted by Crippen LogP contribution is -2.65. The summed E-state index contributed by atoms with van der Waals surface area (Å²) in [5, 5.41) is 0. The van der Waals surface area contributed by atoms with Gasteiger partial charge in [-0.15, -0.1) is 0 Å². The highest BCUT2D eigenvalue weighted by molar-refractivity contribution is 5.88. The van der Waals surface area contributed by atoms with Gasteiger partial charge in [0.25, 0.3) is 0 Å². The highest BCUT2D eigenvalue weighted by Crippen LogP contribution is 2.63. The number of carbonyl (C=O) groups is 2. The highest BCUT2D eigenvalue weighted by Gasteiger charge is 2.65. The van der Waals surface area contributed by atoms with E-state index in [2.05, 4.69) is 24.1 Å². The summed E-state index contributed by atoms with van der Waals surface area (Å²) < 4.78 is 29.8. The number of likely N-dealkylation sites (N-methyl/N-ethyl adjacent to an activating group) is 1. The maximum absolute atomic E-state index is 12.5. The second-order valence-electron chi connectivity index (χ2n) is 11.9. The third-order valence-corrected chi connectivity index (χ3v) is 8.29. The minimum Gasteiger partial charge on any atom is -0.482 e. The van der Waals surface area contributed by atoms with Crippen LogP contribution in [0.25, 0.3) is 6.08 Å². The average Bonchev–Trinajstić information content (AvgIpc) is 3.37. The third-order valence-electron chi connectivity index (χ3n) is 8.29. The van der Waals surface area contributed by atoms with E-state index in [1.807, 2.05) is 33.8 Å². The first kappa shape index (κ1) is 24.6. The van der Waals surface area contributed by atoms with Gasteiger partial charge < -0.3 is 28.6 Å². The van der Waals surface area contributed by atoms with Gasteiger partial charge in [0.05, 0.1) is 0 Å². The summed E-state index contributed by atoms with van der Waals surface area (Å²) in [6.45, 7) is 9.83. The second-order valence-corrected chi connectivity index (χ2v) is 11.9. The van der Waals surface area contributed by atoms with Crippen molar-refractivity contribution in [3.63, 3.8) is 0 Å². The summed E-state index contributed by atoms with van der Waals surface area (Å²) in [5.41, 5.74) is 2.16. The monoisotopic (exact) mass is 509 g/mol. The molecule has 0 aromatic heterocycles. The molecular formula is C29H35NO7.